The Hall–Kier alpha value is -1.67. The molecule has 0 spiro atoms. The Bertz CT molecular complexity index is 607. The molecule has 0 aliphatic carbocycles. The first-order valence-electron chi connectivity index (χ1n) is 6.28. The number of carbonyl (C=O) groups is 1. The van der Waals surface area contributed by atoms with Gasteiger partial charge in [0.05, 0.1) is 0 Å². The van der Waals surface area contributed by atoms with Crippen LogP contribution >= 0.6 is 11.6 Å². The molecule has 2 aromatic rings. The molecule has 0 aliphatic rings. The van der Waals surface area contributed by atoms with Crippen molar-refractivity contribution < 1.29 is 4.79 Å². The van der Waals surface area contributed by atoms with Crippen LogP contribution in [0.1, 0.15) is 34.1 Å². The lowest BCUT2D eigenvalue weighted by atomic mass is 10.0. The van der Waals surface area contributed by atoms with E-state index in [1.54, 1.807) is 13.1 Å². The molecule has 2 rings (SSSR count). The van der Waals surface area contributed by atoms with Crippen LogP contribution in [0.5, 0.6) is 0 Å². The molecule has 0 N–H and O–H groups in total. The first-order chi connectivity index (χ1) is 9.08. The second-order valence-electron chi connectivity index (χ2n) is 4.67. The minimum Gasteiger partial charge on any atom is -0.293 e. The van der Waals surface area contributed by atoms with E-state index in [0.717, 1.165) is 34.6 Å². The number of Topliss-reactive ketones (excluding diaryl/α,β-unsaturated/α-hetero) is 1. The summed E-state index contributed by atoms with van der Waals surface area (Å²) in [6.45, 7) is 3.53. The summed E-state index contributed by atoms with van der Waals surface area (Å²) >= 11 is 6.14. The highest BCUT2D eigenvalue weighted by atomic mass is 35.5. The molecule has 0 bridgehead atoms. The number of nitrogens with zero attached hydrogens (tertiary/aromatic N) is 1. The smallest absolute Gasteiger partial charge is 0.178 e. The molecule has 98 valence electrons. The third-order valence-electron chi connectivity index (χ3n) is 3.06. The molecular formula is C16H16ClNO. The Balaban J connectivity index is 2.22. The van der Waals surface area contributed by atoms with Gasteiger partial charge in [0, 0.05) is 18.1 Å². The lowest BCUT2D eigenvalue weighted by Crippen LogP contribution is -2.05. The van der Waals surface area contributed by atoms with E-state index >= 15 is 0 Å². The fraction of sp³-hybridized carbons (Fsp3) is 0.250. The van der Waals surface area contributed by atoms with E-state index in [9.17, 15) is 4.79 Å². The van der Waals surface area contributed by atoms with Crippen LogP contribution in [0.25, 0.3) is 0 Å². The van der Waals surface area contributed by atoms with Crippen LogP contribution in [0, 0.1) is 6.92 Å². The van der Waals surface area contributed by atoms with E-state index in [0.29, 0.717) is 5.69 Å². The van der Waals surface area contributed by atoms with Crippen molar-refractivity contribution in [3.63, 3.8) is 0 Å². The minimum atomic E-state index is 0.00848. The fourth-order valence-electron chi connectivity index (χ4n) is 2.11. The van der Waals surface area contributed by atoms with E-state index in [4.69, 9.17) is 11.6 Å². The van der Waals surface area contributed by atoms with E-state index in [1.807, 2.05) is 37.3 Å². The van der Waals surface area contributed by atoms with Crippen molar-refractivity contribution in [3.8, 4) is 0 Å². The highest BCUT2D eigenvalue weighted by Crippen LogP contribution is 2.19. The van der Waals surface area contributed by atoms with Crippen molar-refractivity contribution in [2.24, 2.45) is 0 Å². The molecule has 1 aromatic carbocycles. The second-order valence-corrected chi connectivity index (χ2v) is 5.08. The molecule has 0 saturated carbocycles. The Kier molecular flexibility index (Phi) is 4.33. The van der Waals surface area contributed by atoms with Gasteiger partial charge < -0.3 is 0 Å². The highest BCUT2D eigenvalue weighted by molar-refractivity contribution is 6.31. The van der Waals surface area contributed by atoms with Crippen molar-refractivity contribution in [1.29, 1.82) is 0 Å². The number of carbonyl (C=O) groups excluding carboxylic acids is 1. The molecule has 1 heterocycles. The maximum absolute atomic E-state index is 11.6. The average Bonchev–Trinajstić information content (AvgIpc) is 2.37. The maximum Gasteiger partial charge on any atom is 0.178 e. The zero-order valence-corrected chi connectivity index (χ0v) is 11.9. The predicted octanol–water partition coefficient (Wildman–Crippen LogP) is 4.03. The average molecular weight is 274 g/mol. The Morgan fingerprint density at radius 2 is 1.89 bits per heavy atom. The van der Waals surface area contributed by atoms with E-state index in [-0.39, 0.29) is 5.78 Å². The third kappa shape index (κ3) is 3.42. The van der Waals surface area contributed by atoms with E-state index < -0.39 is 0 Å². The summed E-state index contributed by atoms with van der Waals surface area (Å²) in [5.74, 6) is 0.00848. The van der Waals surface area contributed by atoms with Crippen LogP contribution in [-0.4, -0.2) is 10.8 Å². The number of hydrogen-bond acceptors (Lipinski definition) is 2. The molecule has 0 fully saturated rings. The quantitative estimate of drug-likeness (QED) is 0.787. The third-order valence-corrected chi connectivity index (χ3v) is 3.43. The molecule has 3 heteroatoms. The summed E-state index contributed by atoms with van der Waals surface area (Å²) in [5.41, 5.74) is 3.73. The number of hydrogen-bond donors (Lipinski definition) is 0. The molecular weight excluding hydrogens is 258 g/mol. The van der Waals surface area contributed by atoms with Crippen molar-refractivity contribution in [2.75, 3.05) is 0 Å². The maximum atomic E-state index is 11.6. The topological polar surface area (TPSA) is 30.0 Å². The van der Waals surface area contributed by atoms with Gasteiger partial charge >= 0.3 is 0 Å². The number of aryl methyl sites for hydroxylation is 3. The number of aromatic nitrogens is 1. The Labute approximate surface area is 118 Å². The van der Waals surface area contributed by atoms with Gasteiger partial charge in [0.25, 0.3) is 0 Å². The lowest BCUT2D eigenvalue weighted by molar-refractivity contribution is 0.101. The van der Waals surface area contributed by atoms with Gasteiger partial charge in [-0.3, -0.25) is 9.78 Å². The Morgan fingerprint density at radius 1 is 1.21 bits per heavy atom. The number of halogens is 1. The molecule has 0 aliphatic heterocycles. The monoisotopic (exact) mass is 273 g/mol. The van der Waals surface area contributed by atoms with Gasteiger partial charge in [-0.2, -0.15) is 0 Å². The summed E-state index contributed by atoms with van der Waals surface area (Å²) in [6, 6.07) is 9.82. The minimum absolute atomic E-state index is 0.00848. The molecule has 2 nitrogen and oxygen atoms in total. The van der Waals surface area contributed by atoms with Crippen molar-refractivity contribution in [2.45, 2.75) is 26.7 Å². The molecule has 1 aromatic heterocycles. The first-order valence-corrected chi connectivity index (χ1v) is 6.65. The van der Waals surface area contributed by atoms with E-state index in [1.165, 1.54) is 0 Å². The van der Waals surface area contributed by atoms with Gasteiger partial charge in [-0.1, -0.05) is 35.9 Å². The van der Waals surface area contributed by atoms with Crippen LogP contribution in [0.2, 0.25) is 5.02 Å². The van der Waals surface area contributed by atoms with Gasteiger partial charge in [-0.25, -0.2) is 0 Å². The van der Waals surface area contributed by atoms with Crippen LogP contribution < -0.4 is 0 Å². The van der Waals surface area contributed by atoms with Crippen molar-refractivity contribution in [3.05, 3.63) is 63.9 Å². The highest BCUT2D eigenvalue weighted by Gasteiger charge is 2.10. The summed E-state index contributed by atoms with van der Waals surface area (Å²) in [6.07, 6.45) is 3.31. The van der Waals surface area contributed by atoms with Crippen LogP contribution in [0.3, 0.4) is 0 Å². The first kappa shape index (κ1) is 13.8. The van der Waals surface area contributed by atoms with Crippen LogP contribution in [0.15, 0.2) is 36.5 Å². The second kappa shape index (κ2) is 5.98. The summed E-state index contributed by atoms with van der Waals surface area (Å²) in [4.78, 5) is 15.8. The summed E-state index contributed by atoms with van der Waals surface area (Å²) in [7, 11) is 0. The van der Waals surface area contributed by atoms with Gasteiger partial charge in [0.1, 0.15) is 5.69 Å². The van der Waals surface area contributed by atoms with Gasteiger partial charge in [-0.05, 0) is 42.5 Å². The summed E-state index contributed by atoms with van der Waals surface area (Å²) < 4.78 is 0. The molecule has 0 amide bonds. The largest absolute Gasteiger partial charge is 0.293 e. The van der Waals surface area contributed by atoms with Crippen molar-refractivity contribution in [1.82, 2.24) is 4.98 Å². The number of pyridine rings is 1. The lowest BCUT2D eigenvalue weighted by Gasteiger charge is -2.08. The standard InChI is InChI=1S/C16H16ClNO/c1-11-9-14(16(12(2)19)18-10-11)8-7-13-5-3-4-6-15(13)17/h3-6,9-10H,7-8H2,1-2H3. The van der Waals surface area contributed by atoms with Crippen molar-refractivity contribution >= 4 is 17.4 Å². The Morgan fingerprint density at radius 3 is 2.58 bits per heavy atom. The predicted molar refractivity (Wildman–Crippen MR) is 77.8 cm³/mol. The number of benzene rings is 1. The van der Waals surface area contributed by atoms with Gasteiger partial charge in [0.15, 0.2) is 5.78 Å². The molecule has 0 atom stereocenters. The zero-order chi connectivity index (χ0) is 13.8. The number of ketones is 1. The number of rotatable bonds is 4. The molecule has 0 saturated heterocycles. The molecule has 19 heavy (non-hydrogen) atoms. The molecule has 0 unspecified atom stereocenters. The van der Waals surface area contributed by atoms with Crippen LogP contribution in [0.4, 0.5) is 0 Å². The van der Waals surface area contributed by atoms with E-state index in [2.05, 4.69) is 4.98 Å². The fourth-order valence-corrected chi connectivity index (χ4v) is 2.34. The van der Waals surface area contributed by atoms with Crippen LogP contribution in [-0.2, 0) is 12.8 Å². The molecule has 0 radical (unpaired) electrons. The van der Waals surface area contributed by atoms with Gasteiger partial charge in [-0.15, -0.1) is 0 Å². The summed E-state index contributed by atoms with van der Waals surface area (Å²) in [5, 5.41) is 0.771. The zero-order valence-electron chi connectivity index (χ0n) is 11.1. The SMILES string of the molecule is CC(=O)c1ncc(C)cc1CCc1ccccc1Cl. The normalized spacial score (nSPS) is 10.5. The van der Waals surface area contributed by atoms with Gasteiger partial charge in [0.2, 0.25) is 0 Å².